The van der Waals surface area contributed by atoms with Crippen LogP contribution in [0, 0.1) is 0 Å². The van der Waals surface area contributed by atoms with E-state index in [-0.39, 0.29) is 17.6 Å². The van der Waals surface area contributed by atoms with E-state index in [0.717, 1.165) is 63.7 Å². The Morgan fingerprint density at radius 1 is 1.33 bits per heavy atom. The average Bonchev–Trinajstić information content (AvgIpc) is 3.03. The zero-order valence-corrected chi connectivity index (χ0v) is 18.5. The van der Waals surface area contributed by atoms with E-state index in [1.807, 2.05) is 6.08 Å². The SMILES string of the molecule is C1COCCN1.CCC(C)Oc1ccc2c3c1O[C@H]1C[C@@H](O)C=C[C@@]31CCN(C)C2. The minimum Gasteiger partial charge on any atom is -0.487 e. The highest BCUT2D eigenvalue weighted by atomic mass is 16.5. The standard InChI is InChI=1S/C20H27NO3.C4H9NO/c1-4-13(2)23-16-6-5-14-12-21(3)10-9-20-8-7-15(22)11-17(20)24-19(16)18(14)20;1-3-6-4-2-5-1/h5-8,13,15,17,22H,4,9-12H2,1-3H3;5H,1-4H2/t13?,15-,17-,20-;/m0./s1. The van der Waals surface area contributed by atoms with Crippen molar-refractivity contribution in [3.63, 3.8) is 0 Å². The molecule has 0 radical (unpaired) electrons. The summed E-state index contributed by atoms with van der Waals surface area (Å²) >= 11 is 0. The van der Waals surface area contributed by atoms with Crippen molar-refractivity contribution >= 4 is 0 Å². The Morgan fingerprint density at radius 3 is 2.80 bits per heavy atom. The molecule has 1 spiro atoms. The summed E-state index contributed by atoms with van der Waals surface area (Å²) < 4.78 is 17.6. The first-order valence-corrected chi connectivity index (χ1v) is 11.4. The smallest absolute Gasteiger partial charge is 0.166 e. The van der Waals surface area contributed by atoms with Crippen LogP contribution in [0.3, 0.4) is 0 Å². The zero-order chi connectivity index (χ0) is 21.1. The Labute approximate surface area is 180 Å². The van der Waals surface area contributed by atoms with Gasteiger partial charge in [-0.1, -0.05) is 25.1 Å². The maximum atomic E-state index is 10.1. The highest BCUT2D eigenvalue weighted by molar-refractivity contribution is 5.61. The van der Waals surface area contributed by atoms with Crippen LogP contribution in [0.25, 0.3) is 0 Å². The summed E-state index contributed by atoms with van der Waals surface area (Å²) in [6.07, 6.45) is 6.53. The van der Waals surface area contributed by atoms with Crippen molar-refractivity contribution in [3.8, 4) is 11.5 Å². The lowest BCUT2D eigenvalue weighted by Crippen LogP contribution is -2.42. The third kappa shape index (κ3) is 4.24. The van der Waals surface area contributed by atoms with E-state index in [0.29, 0.717) is 6.42 Å². The van der Waals surface area contributed by atoms with Crippen LogP contribution >= 0.6 is 0 Å². The summed E-state index contributed by atoms with van der Waals surface area (Å²) in [7, 11) is 2.17. The van der Waals surface area contributed by atoms with Crippen LogP contribution in [-0.4, -0.2) is 68.2 Å². The van der Waals surface area contributed by atoms with E-state index in [2.05, 4.69) is 49.3 Å². The van der Waals surface area contributed by atoms with Gasteiger partial charge in [-0.2, -0.15) is 0 Å². The molecule has 30 heavy (non-hydrogen) atoms. The fraction of sp³-hybridized carbons (Fsp3) is 0.667. The first-order chi connectivity index (χ1) is 14.5. The summed E-state index contributed by atoms with van der Waals surface area (Å²) in [5, 5.41) is 13.3. The fourth-order valence-electron chi connectivity index (χ4n) is 4.83. The number of nitrogens with zero attached hydrogens (tertiary/aromatic N) is 1. The van der Waals surface area contributed by atoms with Gasteiger partial charge in [0.1, 0.15) is 6.10 Å². The number of aliphatic hydroxyl groups is 1. The molecule has 0 bridgehead atoms. The summed E-state index contributed by atoms with van der Waals surface area (Å²) in [5.41, 5.74) is 2.49. The first kappa shape index (κ1) is 21.6. The Morgan fingerprint density at radius 2 is 2.13 bits per heavy atom. The van der Waals surface area contributed by atoms with Crippen LogP contribution in [0.4, 0.5) is 0 Å². The Kier molecular flexibility index (Phi) is 6.68. The molecule has 4 aliphatic rings. The van der Waals surface area contributed by atoms with Crippen molar-refractivity contribution in [1.82, 2.24) is 10.2 Å². The van der Waals surface area contributed by atoms with Crippen LogP contribution < -0.4 is 14.8 Å². The molecule has 4 atom stereocenters. The van der Waals surface area contributed by atoms with Crippen molar-refractivity contribution in [1.29, 1.82) is 0 Å². The third-order valence-electron chi connectivity index (χ3n) is 6.68. The maximum absolute atomic E-state index is 10.1. The molecule has 0 aromatic heterocycles. The molecule has 1 aromatic carbocycles. The molecular weight excluding hydrogens is 380 g/mol. The lowest BCUT2D eigenvalue weighted by molar-refractivity contribution is 0.0804. The normalized spacial score (nSPS) is 30.8. The molecule has 1 unspecified atom stereocenters. The lowest BCUT2D eigenvalue weighted by atomic mass is 9.69. The van der Waals surface area contributed by atoms with Crippen molar-refractivity contribution in [2.45, 2.75) is 63.4 Å². The van der Waals surface area contributed by atoms with Crippen LogP contribution in [-0.2, 0) is 16.7 Å². The van der Waals surface area contributed by atoms with E-state index in [4.69, 9.17) is 14.2 Å². The molecule has 0 saturated carbocycles. The Hall–Kier alpha value is -1.60. The Balaban J connectivity index is 0.000000313. The van der Waals surface area contributed by atoms with E-state index in [9.17, 15) is 5.11 Å². The number of hydrogen-bond donors (Lipinski definition) is 2. The minimum atomic E-state index is -0.418. The van der Waals surface area contributed by atoms with Gasteiger partial charge in [0.15, 0.2) is 11.5 Å². The molecule has 1 saturated heterocycles. The lowest BCUT2D eigenvalue weighted by Gasteiger charge is -2.35. The molecule has 1 aliphatic carbocycles. The topological polar surface area (TPSA) is 63.2 Å². The van der Waals surface area contributed by atoms with Gasteiger partial charge < -0.3 is 29.5 Å². The predicted molar refractivity (Wildman–Crippen MR) is 117 cm³/mol. The van der Waals surface area contributed by atoms with Gasteiger partial charge in [-0.25, -0.2) is 0 Å². The van der Waals surface area contributed by atoms with Gasteiger partial charge in [-0.3, -0.25) is 0 Å². The van der Waals surface area contributed by atoms with Gasteiger partial charge in [0.2, 0.25) is 0 Å². The molecule has 0 amide bonds. The molecule has 5 rings (SSSR count). The second-order valence-electron chi connectivity index (χ2n) is 8.92. The average molecular weight is 417 g/mol. The van der Waals surface area contributed by atoms with Gasteiger partial charge in [0, 0.05) is 31.6 Å². The largest absolute Gasteiger partial charge is 0.487 e. The number of aliphatic hydroxyl groups excluding tert-OH is 1. The van der Waals surface area contributed by atoms with Crippen molar-refractivity contribution in [2.75, 3.05) is 39.9 Å². The van der Waals surface area contributed by atoms with Gasteiger partial charge >= 0.3 is 0 Å². The minimum absolute atomic E-state index is 0.000525. The number of morpholine rings is 1. The summed E-state index contributed by atoms with van der Waals surface area (Å²) in [6.45, 7) is 10.0. The molecule has 3 aliphatic heterocycles. The molecular formula is C24H36N2O4. The van der Waals surface area contributed by atoms with Crippen LogP contribution in [0.1, 0.15) is 44.2 Å². The second-order valence-corrected chi connectivity index (χ2v) is 8.92. The number of rotatable bonds is 3. The van der Waals surface area contributed by atoms with E-state index in [1.165, 1.54) is 11.1 Å². The Bertz CT molecular complexity index is 752. The molecule has 166 valence electrons. The molecule has 1 fully saturated rings. The summed E-state index contributed by atoms with van der Waals surface area (Å²) in [6, 6.07) is 4.26. The van der Waals surface area contributed by atoms with Crippen LogP contribution in [0.5, 0.6) is 11.5 Å². The zero-order valence-electron chi connectivity index (χ0n) is 18.5. The fourth-order valence-corrected chi connectivity index (χ4v) is 4.83. The molecule has 3 heterocycles. The van der Waals surface area contributed by atoms with E-state index < -0.39 is 6.10 Å². The summed E-state index contributed by atoms with van der Waals surface area (Å²) in [4.78, 5) is 2.37. The van der Waals surface area contributed by atoms with Gasteiger partial charge in [-0.15, -0.1) is 0 Å². The van der Waals surface area contributed by atoms with Gasteiger partial charge in [0.05, 0.1) is 30.8 Å². The van der Waals surface area contributed by atoms with Gasteiger partial charge in [0.25, 0.3) is 0 Å². The van der Waals surface area contributed by atoms with Crippen LogP contribution in [0.15, 0.2) is 24.3 Å². The van der Waals surface area contributed by atoms with Crippen molar-refractivity contribution in [2.24, 2.45) is 0 Å². The first-order valence-electron chi connectivity index (χ1n) is 11.4. The van der Waals surface area contributed by atoms with Crippen LogP contribution in [0.2, 0.25) is 0 Å². The number of hydrogen-bond acceptors (Lipinski definition) is 6. The number of ether oxygens (including phenoxy) is 3. The van der Waals surface area contributed by atoms with E-state index in [1.54, 1.807) is 0 Å². The van der Waals surface area contributed by atoms with Gasteiger partial charge in [-0.05, 0) is 45.0 Å². The monoisotopic (exact) mass is 416 g/mol. The third-order valence-corrected chi connectivity index (χ3v) is 6.68. The second kappa shape index (κ2) is 9.27. The van der Waals surface area contributed by atoms with Crippen molar-refractivity contribution in [3.05, 3.63) is 35.4 Å². The van der Waals surface area contributed by atoms with E-state index >= 15 is 0 Å². The maximum Gasteiger partial charge on any atom is 0.166 e. The molecule has 2 N–H and O–H groups in total. The van der Waals surface area contributed by atoms with Crippen molar-refractivity contribution < 1.29 is 19.3 Å². The summed E-state index contributed by atoms with van der Waals surface area (Å²) in [5.74, 6) is 1.76. The quantitative estimate of drug-likeness (QED) is 0.739. The predicted octanol–water partition coefficient (Wildman–Crippen LogP) is 2.63. The highest BCUT2D eigenvalue weighted by Gasteiger charge is 2.52. The number of nitrogens with one attached hydrogen (secondary N) is 1. The molecule has 1 aromatic rings. The highest BCUT2D eigenvalue weighted by Crippen LogP contribution is 2.55. The molecule has 6 nitrogen and oxygen atoms in total. The molecule has 6 heteroatoms. The number of benzene rings is 1.